The number of aryl methyl sites for hydroxylation is 1. The van der Waals surface area contributed by atoms with Gasteiger partial charge in [-0.15, -0.1) is 11.3 Å². The fraction of sp³-hybridized carbons (Fsp3) is 0.550. The standard InChI is InChI=1S/C20H26N4OS/c1-12(2)10-16-15-11-14(23-20-21-8-3-9-22-20)6-7-17(15)26-19(16)24-18(25)13-4-5-13/h3,8-9,12-14H,4-7,10-11H2,1-2H3,(H,24,25)(H,21,22,23). The van der Waals surface area contributed by atoms with Crippen LogP contribution >= 0.6 is 11.3 Å². The van der Waals surface area contributed by atoms with E-state index in [4.69, 9.17) is 0 Å². The maximum Gasteiger partial charge on any atom is 0.228 e. The van der Waals surface area contributed by atoms with Gasteiger partial charge in [-0.2, -0.15) is 0 Å². The fourth-order valence-corrected chi connectivity index (χ4v) is 4.89. The lowest BCUT2D eigenvalue weighted by Crippen LogP contribution is -2.28. The second-order valence-corrected chi connectivity index (χ2v) is 8.93. The molecule has 1 saturated carbocycles. The van der Waals surface area contributed by atoms with E-state index in [1.807, 2.05) is 6.07 Å². The van der Waals surface area contributed by atoms with Crippen LogP contribution in [0.1, 0.15) is 49.1 Å². The average molecular weight is 371 g/mol. The molecular weight excluding hydrogens is 344 g/mol. The van der Waals surface area contributed by atoms with Crippen LogP contribution in [0, 0.1) is 11.8 Å². The second kappa shape index (κ2) is 7.35. The molecule has 0 aromatic carbocycles. The van der Waals surface area contributed by atoms with E-state index < -0.39 is 0 Å². The number of fused-ring (bicyclic) bond motifs is 1. The van der Waals surface area contributed by atoms with Gasteiger partial charge in [-0.1, -0.05) is 13.8 Å². The zero-order valence-electron chi connectivity index (χ0n) is 15.4. The molecule has 2 aromatic rings. The van der Waals surface area contributed by atoms with Gasteiger partial charge in [0.1, 0.15) is 0 Å². The molecule has 0 spiro atoms. The predicted molar refractivity (Wildman–Crippen MR) is 106 cm³/mol. The van der Waals surface area contributed by atoms with Crippen molar-refractivity contribution >= 4 is 28.2 Å². The predicted octanol–water partition coefficient (Wildman–Crippen LogP) is 4.05. The molecule has 0 aliphatic heterocycles. The van der Waals surface area contributed by atoms with E-state index >= 15 is 0 Å². The van der Waals surface area contributed by atoms with Crippen molar-refractivity contribution in [2.45, 2.75) is 58.4 Å². The Balaban J connectivity index is 1.55. The largest absolute Gasteiger partial charge is 0.351 e. The molecule has 0 bridgehead atoms. The number of carbonyl (C=O) groups excluding carboxylic acids is 1. The Bertz CT molecular complexity index is 783. The monoisotopic (exact) mass is 370 g/mol. The van der Waals surface area contributed by atoms with Crippen molar-refractivity contribution in [3.63, 3.8) is 0 Å². The first-order valence-corrected chi connectivity index (χ1v) is 10.4. The number of rotatable bonds is 6. The smallest absolute Gasteiger partial charge is 0.228 e. The summed E-state index contributed by atoms with van der Waals surface area (Å²) in [4.78, 5) is 22.3. The van der Waals surface area contributed by atoms with Gasteiger partial charge < -0.3 is 10.6 Å². The Hall–Kier alpha value is -1.95. The summed E-state index contributed by atoms with van der Waals surface area (Å²) in [6, 6.07) is 2.18. The number of amides is 1. The molecule has 2 heterocycles. The molecule has 1 unspecified atom stereocenters. The quantitative estimate of drug-likeness (QED) is 0.805. The molecule has 0 saturated heterocycles. The Morgan fingerprint density at radius 3 is 2.73 bits per heavy atom. The molecule has 138 valence electrons. The highest BCUT2D eigenvalue weighted by Crippen LogP contribution is 2.41. The summed E-state index contributed by atoms with van der Waals surface area (Å²) >= 11 is 1.79. The van der Waals surface area contributed by atoms with Gasteiger partial charge in [0.05, 0.1) is 5.00 Å². The number of aromatic nitrogens is 2. The van der Waals surface area contributed by atoms with Crippen molar-refractivity contribution in [1.29, 1.82) is 0 Å². The lowest BCUT2D eigenvalue weighted by atomic mass is 9.89. The van der Waals surface area contributed by atoms with Gasteiger partial charge in [0.25, 0.3) is 0 Å². The van der Waals surface area contributed by atoms with Crippen LogP contribution in [0.5, 0.6) is 0 Å². The third kappa shape index (κ3) is 3.90. The van der Waals surface area contributed by atoms with E-state index in [0.29, 0.717) is 17.9 Å². The van der Waals surface area contributed by atoms with Crippen molar-refractivity contribution in [3.05, 3.63) is 34.5 Å². The van der Waals surface area contributed by atoms with Gasteiger partial charge in [0.2, 0.25) is 11.9 Å². The molecule has 26 heavy (non-hydrogen) atoms. The van der Waals surface area contributed by atoms with Gasteiger partial charge in [0.15, 0.2) is 0 Å². The number of nitrogens with zero attached hydrogens (tertiary/aromatic N) is 2. The van der Waals surface area contributed by atoms with Crippen LogP contribution in [0.15, 0.2) is 18.5 Å². The first kappa shape index (κ1) is 17.5. The summed E-state index contributed by atoms with van der Waals surface area (Å²) in [6.07, 6.45) is 9.73. The van der Waals surface area contributed by atoms with E-state index in [-0.39, 0.29) is 11.8 Å². The maximum atomic E-state index is 12.3. The third-order valence-corrected chi connectivity index (χ3v) is 6.32. The highest BCUT2D eigenvalue weighted by Gasteiger charge is 2.32. The Morgan fingerprint density at radius 1 is 1.27 bits per heavy atom. The SMILES string of the molecule is CC(C)Cc1c(NC(=O)C2CC2)sc2c1CC(Nc1ncccn1)CC2. The van der Waals surface area contributed by atoms with Crippen LogP contribution in [0.4, 0.5) is 10.9 Å². The molecule has 2 aliphatic carbocycles. The number of carbonyl (C=O) groups is 1. The van der Waals surface area contributed by atoms with Crippen molar-refractivity contribution in [3.8, 4) is 0 Å². The summed E-state index contributed by atoms with van der Waals surface area (Å²) < 4.78 is 0. The molecule has 5 nitrogen and oxygen atoms in total. The lowest BCUT2D eigenvalue weighted by Gasteiger charge is -2.24. The van der Waals surface area contributed by atoms with Crippen molar-refractivity contribution in [2.75, 3.05) is 10.6 Å². The average Bonchev–Trinajstić information content (AvgIpc) is 3.42. The highest BCUT2D eigenvalue weighted by molar-refractivity contribution is 7.16. The molecule has 1 fully saturated rings. The maximum absolute atomic E-state index is 12.3. The Morgan fingerprint density at radius 2 is 2.04 bits per heavy atom. The van der Waals surface area contributed by atoms with Gasteiger partial charge in [-0.05, 0) is 61.6 Å². The zero-order chi connectivity index (χ0) is 18.1. The number of nitrogens with one attached hydrogen (secondary N) is 2. The van der Waals surface area contributed by atoms with Crippen LogP contribution in [0.25, 0.3) is 0 Å². The summed E-state index contributed by atoms with van der Waals surface area (Å²) in [6.45, 7) is 4.49. The lowest BCUT2D eigenvalue weighted by molar-refractivity contribution is -0.117. The van der Waals surface area contributed by atoms with Crippen LogP contribution in [-0.2, 0) is 24.1 Å². The van der Waals surface area contributed by atoms with E-state index in [0.717, 1.165) is 43.5 Å². The second-order valence-electron chi connectivity index (χ2n) is 7.83. The Kier molecular flexibility index (Phi) is 4.94. The normalized spacial score (nSPS) is 19.3. The molecule has 4 rings (SSSR count). The molecule has 2 aromatic heterocycles. The minimum Gasteiger partial charge on any atom is -0.351 e. The van der Waals surface area contributed by atoms with Gasteiger partial charge in [-0.3, -0.25) is 4.79 Å². The molecule has 1 atom stereocenters. The van der Waals surface area contributed by atoms with E-state index in [1.165, 1.54) is 16.0 Å². The van der Waals surface area contributed by atoms with Crippen molar-refractivity contribution < 1.29 is 4.79 Å². The van der Waals surface area contributed by atoms with Crippen LogP contribution in [0.3, 0.4) is 0 Å². The number of hydrogen-bond donors (Lipinski definition) is 2. The van der Waals surface area contributed by atoms with Crippen LogP contribution < -0.4 is 10.6 Å². The van der Waals surface area contributed by atoms with Gasteiger partial charge in [0, 0.05) is 29.2 Å². The number of anilines is 2. The molecule has 1 amide bonds. The highest BCUT2D eigenvalue weighted by atomic mass is 32.1. The van der Waals surface area contributed by atoms with E-state index in [2.05, 4.69) is 34.4 Å². The molecule has 0 radical (unpaired) electrons. The zero-order valence-corrected chi connectivity index (χ0v) is 16.2. The van der Waals surface area contributed by atoms with Gasteiger partial charge in [-0.25, -0.2) is 9.97 Å². The number of hydrogen-bond acceptors (Lipinski definition) is 5. The summed E-state index contributed by atoms with van der Waals surface area (Å²) in [5.41, 5.74) is 2.80. The summed E-state index contributed by atoms with van der Waals surface area (Å²) in [7, 11) is 0. The van der Waals surface area contributed by atoms with Gasteiger partial charge >= 0.3 is 0 Å². The fourth-order valence-electron chi connectivity index (χ4n) is 3.61. The van der Waals surface area contributed by atoms with E-state index in [9.17, 15) is 4.79 Å². The minimum atomic E-state index is 0.209. The van der Waals surface area contributed by atoms with Crippen molar-refractivity contribution in [1.82, 2.24) is 9.97 Å². The van der Waals surface area contributed by atoms with Crippen LogP contribution in [0.2, 0.25) is 0 Å². The molecule has 2 N–H and O–H groups in total. The first-order valence-electron chi connectivity index (χ1n) is 9.58. The van der Waals surface area contributed by atoms with E-state index in [1.54, 1.807) is 23.7 Å². The minimum absolute atomic E-state index is 0.209. The first-order chi connectivity index (χ1) is 12.6. The van der Waals surface area contributed by atoms with Crippen molar-refractivity contribution in [2.24, 2.45) is 11.8 Å². The topological polar surface area (TPSA) is 66.9 Å². The molecule has 6 heteroatoms. The Labute approximate surface area is 158 Å². The molecule has 2 aliphatic rings. The summed E-state index contributed by atoms with van der Waals surface area (Å²) in [5.74, 6) is 1.71. The third-order valence-electron chi connectivity index (χ3n) is 5.07. The number of thiophene rings is 1. The summed E-state index contributed by atoms with van der Waals surface area (Å²) in [5, 5.41) is 7.80. The van der Waals surface area contributed by atoms with Crippen LogP contribution in [-0.4, -0.2) is 21.9 Å². The molecular formula is C20H26N4OS.